The van der Waals surface area contributed by atoms with Gasteiger partial charge < -0.3 is 10.2 Å². The molecule has 86 valence electrons. The Labute approximate surface area is 91.3 Å². The van der Waals surface area contributed by atoms with Crippen molar-refractivity contribution in [3.63, 3.8) is 0 Å². The largest absolute Gasteiger partial charge is 0.481 e. The number of aliphatic carboxylic acids is 2. The molecule has 1 rings (SSSR count). The van der Waals surface area contributed by atoms with Gasteiger partial charge in [-0.15, -0.1) is 0 Å². The molecule has 0 fully saturated rings. The molecule has 16 heavy (non-hydrogen) atoms. The van der Waals surface area contributed by atoms with Crippen molar-refractivity contribution in [2.24, 2.45) is 0 Å². The van der Waals surface area contributed by atoms with Gasteiger partial charge in [-0.1, -0.05) is 12.1 Å². The number of carboxylic acid groups (broad SMARTS) is 2. The summed E-state index contributed by atoms with van der Waals surface area (Å²) in [7, 11) is 0. The normalized spacial score (nSPS) is 12.1. The van der Waals surface area contributed by atoms with Gasteiger partial charge in [0.2, 0.25) is 0 Å². The molecule has 0 aliphatic heterocycles. The first kappa shape index (κ1) is 12.2. The molecular formula is C11H11FO4. The quantitative estimate of drug-likeness (QED) is 0.820. The molecule has 1 atom stereocenters. The molecule has 0 heterocycles. The molecule has 1 unspecified atom stereocenters. The van der Waals surface area contributed by atoms with E-state index in [1.807, 2.05) is 0 Å². The summed E-state index contributed by atoms with van der Waals surface area (Å²) in [6, 6.07) is 3.80. The Kier molecular flexibility index (Phi) is 3.60. The predicted octanol–water partition coefficient (Wildman–Crippen LogP) is 1.78. The lowest BCUT2D eigenvalue weighted by Crippen LogP contribution is -2.16. The van der Waals surface area contributed by atoms with Crippen LogP contribution in [-0.4, -0.2) is 22.2 Å². The standard InChI is InChI=1S/C11H11FO4/c1-6-4-7(2-3-9(6)12)8(11(15)16)5-10(13)14/h2-4,8H,5H2,1H3,(H,13,14)(H,15,16). The number of benzene rings is 1. The van der Waals surface area contributed by atoms with Crippen molar-refractivity contribution < 1.29 is 24.2 Å². The Morgan fingerprint density at radius 2 is 2.00 bits per heavy atom. The third-order valence-electron chi connectivity index (χ3n) is 2.26. The predicted molar refractivity (Wildman–Crippen MR) is 53.8 cm³/mol. The average molecular weight is 226 g/mol. The first-order valence-electron chi connectivity index (χ1n) is 4.62. The summed E-state index contributed by atoms with van der Waals surface area (Å²) in [5.74, 6) is -4.01. The maximum absolute atomic E-state index is 13.0. The Bertz CT molecular complexity index is 428. The summed E-state index contributed by atoms with van der Waals surface area (Å²) in [6.07, 6.45) is -0.513. The molecular weight excluding hydrogens is 215 g/mol. The number of aryl methyl sites for hydroxylation is 1. The summed E-state index contributed by atoms with van der Waals surface area (Å²) < 4.78 is 13.0. The van der Waals surface area contributed by atoms with Crippen LogP contribution in [0.4, 0.5) is 4.39 Å². The van der Waals surface area contributed by atoms with Crippen LogP contribution in [0, 0.1) is 12.7 Å². The first-order chi connectivity index (χ1) is 7.41. The summed E-state index contributed by atoms with van der Waals surface area (Å²) in [5.41, 5.74) is 0.600. The van der Waals surface area contributed by atoms with Crippen molar-refractivity contribution in [2.45, 2.75) is 19.3 Å². The molecule has 2 N–H and O–H groups in total. The fraction of sp³-hybridized carbons (Fsp3) is 0.273. The second kappa shape index (κ2) is 4.74. The molecule has 0 bridgehead atoms. The monoisotopic (exact) mass is 226 g/mol. The van der Waals surface area contributed by atoms with Crippen molar-refractivity contribution in [3.8, 4) is 0 Å². The maximum Gasteiger partial charge on any atom is 0.311 e. The van der Waals surface area contributed by atoms with Gasteiger partial charge in [0, 0.05) is 0 Å². The first-order valence-corrected chi connectivity index (χ1v) is 4.62. The minimum Gasteiger partial charge on any atom is -0.481 e. The number of carboxylic acids is 2. The number of rotatable bonds is 4. The molecule has 0 spiro atoms. The molecule has 0 aliphatic rings. The Morgan fingerprint density at radius 3 is 2.44 bits per heavy atom. The number of carbonyl (C=O) groups is 2. The van der Waals surface area contributed by atoms with Gasteiger partial charge in [0.15, 0.2) is 0 Å². The zero-order valence-electron chi connectivity index (χ0n) is 8.61. The number of hydrogen-bond donors (Lipinski definition) is 2. The van der Waals surface area contributed by atoms with E-state index in [1.165, 1.54) is 19.1 Å². The summed E-state index contributed by atoms with van der Waals surface area (Å²) in [5, 5.41) is 17.5. The van der Waals surface area contributed by atoms with Crippen LogP contribution >= 0.6 is 0 Å². The van der Waals surface area contributed by atoms with E-state index in [0.717, 1.165) is 6.07 Å². The lowest BCUT2D eigenvalue weighted by molar-refractivity contribution is -0.145. The molecule has 0 aliphatic carbocycles. The Morgan fingerprint density at radius 1 is 1.38 bits per heavy atom. The number of hydrogen-bond acceptors (Lipinski definition) is 2. The zero-order chi connectivity index (χ0) is 12.3. The van der Waals surface area contributed by atoms with Crippen LogP contribution in [0.1, 0.15) is 23.5 Å². The highest BCUT2D eigenvalue weighted by atomic mass is 19.1. The van der Waals surface area contributed by atoms with E-state index >= 15 is 0 Å². The molecule has 5 heteroatoms. The van der Waals surface area contributed by atoms with Crippen LogP contribution in [0.5, 0.6) is 0 Å². The van der Waals surface area contributed by atoms with Crippen LogP contribution in [0.15, 0.2) is 18.2 Å². The minimum absolute atomic E-state index is 0.300. The van der Waals surface area contributed by atoms with Crippen LogP contribution < -0.4 is 0 Å². The molecule has 0 amide bonds. The Hall–Kier alpha value is -1.91. The van der Waals surface area contributed by atoms with E-state index in [2.05, 4.69) is 0 Å². The van der Waals surface area contributed by atoms with Gasteiger partial charge in [-0.2, -0.15) is 0 Å². The summed E-state index contributed by atoms with van der Waals surface area (Å²) in [6.45, 7) is 1.50. The van der Waals surface area contributed by atoms with E-state index in [0.29, 0.717) is 11.1 Å². The fourth-order valence-corrected chi connectivity index (χ4v) is 1.41. The highest BCUT2D eigenvalue weighted by molar-refractivity contribution is 5.82. The molecule has 0 aromatic heterocycles. The SMILES string of the molecule is Cc1cc(C(CC(=O)O)C(=O)O)ccc1F. The van der Waals surface area contributed by atoms with E-state index in [9.17, 15) is 14.0 Å². The summed E-state index contributed by atoms with van der Waals surface area (Å²) >= 11 is 0. The van der Waals surface area contributed by atoms with Crippen LogP contribution in [0.25, 0.3) is 0 Å². The topological polar surface area (TPSA) is 74.6 Å². The second-order valence-electron chi connectivity index (χ2n) is 3.50. The third-order valence-corrected chi connectivity index (χ3v) is 2.26. The molecule has 0 radical (unpaired) electrons. The Balaban J connectivity index is 3.06. The summed E-state index contributed by atoms with van der Waals surface area (Å²) in [4.78, 5) is 21.4. The molecule has 0 saturated heterocycles. The van der Waals surface area contributed by atoms with E-state index in [-0.39, 0.29) is 0 Å². The highest BCUT2D eigenvalue weighted by Gasteiger charge is 2.23. The fourth-order valence-electron chi connectivity index (χ4n) is 1.41. The van der Waals surface area contributed by atoms with Gasteiger partial charge in [-0.05, 0) is 24.1 Å². The molecule has 1 aromatic carbocycles. The minimum atomic E-state index is -1.23. The lowest BCUT2D eigenvalue weighted by Gasteiger charge is -2.11. The van der Waals surface area contributed by atoms with Crippen LogP contribution in [0.3, 0.4) is 0 Å². The lowest BCUT2D eigenvalue weighted by atomic mass is 9.94. The third kappa shape index (κ3) is 2.79. The van der Waals surface area contributed by atoms with Crippen LogP contribution in [-0.2, 0) is 9.59 Å². The van der Waals surface area contributed by atoms with Crippen LogP contribution in [0.2, 0.25) is 0 Å². The van der Waals surface area contributed by atoms with Gasteiger partial charge >= 0.3 is 11.9 Å². The van der Waals surface area contributed by atoms with Gasteiger partial charge in [0.1, 0.15) is 5.82 Å². The smallest absolute Gasteiger partial charge is 0.311 e. The van der Waals surface area contributed by atoms with Crippen molar-refractivity contribution >= 4 is 11.9 Å². The maximum atomic E-state index is 13.0. The molecule has 1 aromatic rings. The van der Waals surface area contributed by atoms with Gasteiger partial charge in [-0.25, -0.2) is 4.39 Å². The van der Waals surface area contributed by atoms with E-state index < -0.39 is 30.1 Å². The molecule has 4 nitrogen and oxygen atoms in total. The van der Waals surface area contributed by atoms with E-state index in [1.54, 1.807) is 0 Å². The second-order valence-corrected chi connectivity index (χ2v) is 3.50. The highest BCUT2D eigenvalue weighted by Crippen LogP contribution is 2.22. The van der Waals surface area contributed by atoms with Crippen molar-refractivity contribution in [1.29, 1.82) is 0 Å². The van der Waals surface area contributed by atoms with Crippen molar-refractivity contribution in [2.75, 3.05) is 0 Å². The van der Waals surface area contributed by atoms with Crippen molar-refractivity contribution in [3.05, 3.63) is 35.1 Å². The number of halogens is 1. The van der Waals surface area contributed by atoms with Crippen molar-refractivity contribution in [1.82, 2.24) is 0 Å². The zero-order valence-corrected chi connectivity index (χ0v) is 8.61. The van der Waals surface area contributed by atoms with Gasteiger partial charge in [0.05, 0.1) is 12.3 Å². The molecule has 0 saturated carbocycles. The van der Waals surface area contributed by atoms with Gasteiger partial charge in [0.25, 0.3) is 0 Å². The average Bonchev–Trinajstić information content (AvgIpc) is 2.18. The van der Waals surface area contributed by atoms with E-state index in [4.69, 9.17) is 10.2 Å². The van der Waals surface area contributed by atoms with Gasteiger partial charge in [-0.3, -0.25) is 9.59 Å².